The van der Waals surface area contributed by atoms with Crippen molar-refractivity contribution in [1.29, 1.82) is 0 Å². The van der Waals surface area contributed by atoms with Crippen LogP contribution in [0.3, 0.4) is 0 Å². The lowest BCUT2D eigenvalue weighted by Gasteiger charge is -2.21. The molecule has 0 aliphatic rings. The molecule has 0 unspecified atom stereocenters. The van der Waals surface area contributed by atoms with E-state index in [4.69, 9.17) is 0 Å². The molecule has 4 rings (SSSR count). The van der Waals surface area contributed by atoms with Crippen LogP contribution in [0.5, 0.6) is 0 Å². The van der Waals surface area contributed by atoms with Gasteiger partial charge in [-0.05, 0) is 125 Å². The summed E-state index contributed by atoms with van der Waals surface area (Å²) in [5.41, 5.74) is 7.40. The molecule has 0 spiro atoms. The number of hydrogen-bond donors (Lipinski definition) is 0. The van der Waals surface area contributed by atoms with E-state index in [2.05, 4.69) is 37.5 Å². The van der Waals surface area contributed by atoms with Crippen LogP contribution in [0.4, 0.5) is 22.7 Å². The van der Waals surface area contributed by atoms with Crippen LogP contribution in [0.1, 0.15) is 59.5 Å². The number of benzene rings is 4. The van der Waals surface area contributed by atoms with Crippen LogP contribution in [-0.2, 0) is 0 Å². The number of carbonyl (C=O) groups excluding carboxylic acids is 2. The Morgan fingerprint density at radius 3 is 0.773 bits per heavy atom. The van der Waals surface area contributed by atoms with E-state index in [-0.39, 0.29) is 11.6 Å². The molecule has 0 amide bonds. The van der Waals surface area contributed by atoms with Gasteiger partial charge in [0.2, 0.25) is 0 Å². The van der Waals surface area contributed by atoms with Crippen LogP contribution in [0.2, 0.25) is 0 Å². The molecule has 0 heterocycles. The third kappa shape index (κ3) is 8.73. The highest BCUT2D eigenvalue weighted by Crippen LogP contribution is 2.21. The maximum atomic E-state index is 12.7. The van der Waals surface area contributed by atoms with Crippen molar-refractivity contribution in [2.45, 2.75) is 27.7 Å². The summed E-state index contributed by atoms with van der Waals surface area (Å²) in [5, 5.41) is 0. The van der Waals surface area contributed by atoms with Crippen molar-refractivity contribution in [3.8, 4) is 0 Å². The molecule has 4 aromatic carbocycles. The molecule has 0 radical (unpaired) electrons. The first kappa shape index (κ1) is 33.9. The standard InChI is InChI=1S/C21H28N2O.C17H20N2O/c1-5-22(6-2)19-13-9-17(10-14-19)21(24)18-11-15-20(16-12-18)23(7-3)8-4;1-18(2)15-9-5-13(6-10-15)17(20)14-7-11-16(12-8-14)19(3)4/h9-16H,5-8H2,1-4H3;5-12H,1-4H3. The third-order valence-corrected chi connectivity index (χ3v) is 7.81. The van der Waals surface area contributed by atoms with Crippen LogP contribution in [0.25, 0.3) is 0 Å². The van der Waals surface area contributed by atoms with Gasteiger partial charge in [-0.2, -0.15) is 0 Å². The molecular formula is C38H48N4O2. The summed E-state index contributed by atoms with van der Waals surface area (Å²) in [6.07, 6.45) is 0. The van der Waals surface area contributed by atoms with Crippen LogP contribution in [0.15, 0.2) is 97.1 Å². The van der Waals surface area contributed by atoms with E-state index in [1.54, 1.807) is 0 Å². The smallest absolute Gasteiger partial charge is 0.193 e. The summed E-state index contributed by atoms with van der Waals surface area (Å²) in [5.74, 6) is 0.132. The van der Waals surface area contributed by atoms with Crippen molar-refractivity contribution in [3.63, 3.8) is 0 Å². The van der Waals surface area contributed by atoms with Crippen molar-refractivity contribution in [1.82, 2.24) is 0 Å². The van der Waals surface area contributed by atoms with E-state index in [0.717, 1.165) is 60.1 Å². The molecule has 0 fully saturated rings. The number of anilines is 4. The second kappa shape index (κ2) is 16.3. The Morgan fingerprint density at radius 2 is 0.591 bits per heavy atom. The minimum atomic E-state index is 0.0561. The maximum Gasteiger partial charge on any atom is 0.193 e. The predicted molar refractivity (Wildman–Crippen MR) is 188 cm³/mol. The fourth-order valence-corrected chi connectivity index (χ4v) is 4.98. The molecule has 0 N–H and O–H groups in total. The molecule has 0 saturated heterocycles. The molecule has 0 atom stereocenters. The van der Waals surface area contributed by atoms with E-state index in [0.29, 0.717) is 11.1 Å². The lowest BCUT2D eigenvalue weighted by molar-refractivity contribution is 0.103. The van der Waals surface area contributed by atoms with Crippen molar-refractivity contribution in [2.75, 3.05) is 74.0 Å². The molecular weight excluding hydrogens is 544 g/mol. The monoisotopic (exact) mass is 592 g/mol. The molecule has 0 aliphatic carbocycles. The van der Waals surface area contributed by atoms with E-state index < -0.39 is 0 Å². The van der Waals surface area contributed by atoms with Gasteiger partial charge >= 0.3 is 0 Å². The van der Waals surface area contributed by atoms with E-state index >= 15 is 0 Å². The zero-order valence-electron chi connectivity index (χ0n) is 27.7. The highest BCUT2D eigenvalue weighted by atomic mass is 16.1. The summed E-state index contributed by atoms with van der Waals surface area (Å²) >= 11 is 0. The zero-order chi connectivity index (χ0) is 32.2. The topological polar surface area (TPSA) is 47.1 Å². The van der Waals surface area contributed by atoms with Gasteiger partial charge < -0.3 is 19.6 Å². The van der Waals surface area contributed by atoms with Gasteiger partial charge in [-0.1, -0.05) is 0 Å². The number of rotatable bonds is 12. The van der Waals surface area contributed by atoms with Crippen molar-refractivity contribution < 1.29 is 9.59 Å². The molecule has 0 aromatic heterocycles. The number of nitrogens with zero attached hydrogens (tertiary/aromatic N) is 4. The highest BCUT2D eigenvalue weighted by Gasteiger charge is 2.12. The van der Waals surface area contributed by atoms with Gasteiger partial charge in [0, 0.05) is 99.4 Å². The van der Waals surface area contributed by atoms with Crippen molar-refractivity contribution >= 4 is 34.3 Å². The van der Waals surface area contributed by atoms with Gasteiger partial charge in [0.25, 0.3) is 0 Å². The fraction of sp³-hybridized carbons (Fsp3) is 0.316. The summed E-state index contributed by atoms with van der Waals surface area (Å²) in [6, 6.07) is 31.2. The molecule has 0 bridgehead atoms. The van der Waals surface area contributed by atoms with Gasteiger partial charge in [-0.25, -0.2) is 0 Å². The average Bonchev–Trinajstić information content (AvgIpc) is 3.06. The Hall–Kier alpha value is -4.58. The normalized spacial score (nSPS) is 10.4. The quantitative estimate of drug-likeness (QED) is 0.157. The number of ketones is 2. The van der Waals surface area contributed by atoms with Gasteiger partial charge in [-0.3, -0.25) is 9.59 Å². The van der Waals surface area contributed by atoms with Crippen LogP contribution in [0, 0.1) is 0 Å². The highest BCUT2D eigenvalue weighted by molar-refractivity contribution is 6.09. The Bertz CT molecular complexity index is 1340. The Morgan fingerprint density at radius 1 is 0.386 bits per heavy atom. The first-order valence-electron chi connectivity index (χ1n) is 15.5. The Kier molecular flexibility index (Phi) is 12.6. The molecule has 0 aliphatic heterocycles. The third-order valence-electron chi connectivity index (χ3n) is 7.81. The van der Waals surface area contributed by atoms with Gasteiger partial charge in [0.15, 0.2) is 11.6 Å². The Balaban J connectivity index is 0.000000244. The first-order chi connectivity index (χ1) is 21.1. The van der Waals surface area contributed by atoms with E-state index in [9.17, 15) is 9.59 Å². The van der Waals surface area contributed by atoms with E-state index in [1.165, 1.54) is 0 Å². The van der Waals surface area contributed by atoms with Crippen LogP contribution >= 0.6 is 0 Å². The van der Waals surface area contributed by atoms with Crippen molar-refractivity contribution in [3.05, 3.63) is 119 Å². The molecule has 4 aromatic rings. The summed E-state index contributed by atoms with van der Waals surface area (Å²) in [6.45, 7) is 12.4. The molecule has 232 valence electrons. The SMILES string of the molecule is CCN(CC)c1ccc(C(=O)c2ccc(N(CC)CC)cc2)cc1.CN(C)c1ccc(C(=O)c2ccc(N(C)C)cc2)cc1. The summed E-state index contributed by atoms with van der Waals surface area (Å²) in [4.78, 5) is 33.6. The average molecular weight is 593 g/mol. The number of hydrogen-bond acceptors (Lipinski definition) is 6. The molecule has 44 heavy (non-hydrogen) atoms. The second-order valence-corrected chi connectivity index (χ2v) is 11.0. The molecule has 0 saturated carbocycles. The van der Waals surface area contributed by atoms with Gasteiger partial charge in [-0.15, -0.1) is 0 Å². The summed E-state index contributed by atoms with van der Waals surface area (Å²) in [7, 11) is 7.93. The lowest BCUT2D eigenvalue weighted by atomic mass is 10.0. The maximum absolute atomic E-state index is 12.7. The minimum Gasteiger partial charge on any atom is -0.378 e. The fourth-order valence-electron chi connectivity index (χ4n) is 4.98. The summed E-state index contributed by atoms with van der Waals surface area (Å²) < 4.78 is 0. The molecule has 6 heteroatoms. The van der Waals surface area contributed by atoms with Crippen LogP contribution in [-0.4, -0.2) is 65.9 Å². The predicted octanol–water partition coefficient (Wildman–Crippen LogP) is 7.66. The second-order valence-electron chi connectivity index (χ2n) is 11.0. The van der Waals surface area contributed by atoms with Crippen molar-refractivity contribution in [2.24, 2.45) is 0 Å². The van der Waals surface area contributed by atoms with Gasteiger partial charge in [0.1, 0.15) is 0 Å². The zero-order valence-corrected chi connectivity index (χ0v) is 27.7. The largest absolute Gasteiger partial charge is 0.378 e. The van der Waals surface area contributed by atoms with E-state index in [1.807, 2.05) is 135 Å². The Labute approximate surface area is 264 Å². The lowest BCUT2D eigenvalue weighted by Crippen LogP contribution is -2.22. The van der Waals surface area contributed by atoms with Gasteiger partial charge in [0.05, 0.1) is 0 Å². The number of carbonyl (C=O) groups is 2. The molecule has 6 nitrogen and oxygen atoms in total. The minimum absolute atomic E-state index is 0.0561. The van der Waals surface area contributed by atoms with Crippen LogP contribution < -0.4 is 19.6 Å². The first-order valence-corrected chi connectivity index (χ1v) is 15.5.